The quantitative estimate of drug-likeness (QED) is 0.819. The molecule has 2 aromatic heterocycles. The van der Waals surface area contributed by atoms with E-state index in [9.17, 15) is 0 Å². The Morgan fingerprint density at radius 2 is 1.25 bits per heavy atom. The maximum Gasteiger partial charge on any atom is 0.0378 e. The maximum atomic E-state index is 4.45. The molecule has 106 valence electrons. The second-order valence-electron chi connectivity index (χ2n) is 5.88. The molecule has 0 aliphatic rings. The van der Waals surface area contributed by atoms with E-state index in [-0.39, 0.29) is 0 Å². The van der Waals surface area contributed by atoms with Crippen LogP contribution < -0.4 is 0 Å². The molecule has 2 heterocycles. The molecule has 0 aliphatic carbocycles. The number of hydrogen-bond acceptors (Lipinski definition) is 2. The Bertz CT molecular complexity index is 562. The van der Waals surface area contributed by atoms with Crippen molar-refractivity contribution < 1.29 is 0 Å². The summed E-state index contributed by atoms with van der Waals surface area (Å²) in [4.78, 5) is 8.88. The Hall–Kier alpha value is -1.70. The van der Waals surface area contributed by atoms with Crippen LogP contribution in [0.4, 0.5) is 0 Å². The Labute approximate surface area is 122 Å². The van der Waals surface area contributed by atoms with Gasteiger partial charge in [-0.25, -0.2) is 0 Å². The van der Waals surface area contributed by atoms with Crippen LogP contribution in [-0.4, -0.2) is 9.97 Å². The number of pyridine rings is 2. The van der Waals surface area contributed by atoms with Gasteiger partial charge in [0.25, 0.3) is 0 Å². The highest BCUT2D eigenvalue weighted by molar-refractivity contribution is 5.25. The molecule has 0 amide bonds. The van der Waals surface area contributed by atoms with Crippen molar-refractivity contribution in [3.8, 4) is 0 Å². The fourth-order valence-corrected chi connectivity index (χ4v) is 2.77. The molecule has 0 saturated heterocycles. The van der Waals surface area contributed by atoms with E-state index >= 15 is 0 Å². The zero-order chi connectivity index (χ0) is 14.7. The fraction of sp³-hybridized carbons (Fsp3) is 0.444. The lowest BCUT2D eigenvalue weighted by Crippen LogP contribution is -2.00. The molecule has 0 N–H and O–H groups in total. The van der Waals surface area contributed by atoms with Crippen LogP contribution in [0.15, 0.2) is 24.3 Å². The second-order valence-corrected chi connectivity index (χ2v) is 5.88. The average molecular weight is 268 g/mol. The van der Waals surface area contributed by atoms with Gasteiger partial charge in [0.15, 0.2) is 0 Å². The van der Waals surface area contributed by atoms with Crippen molar-refractivity contribution in [2.24, 2.45) is 0 Å². The third kappa shape index (κ3) is 3.89. The zero-order valence-electron chi connectivity index (χ0n) is 13.2. The van der Waals surface area contributed by atoms with E-state index in [0.29, 0.717) is 5.92 Å². The molecule has 0 radical (unpaired) electrons. The highest BCUT2D eigenvalue weighted by Gasteiger charge is 2.08. The normalized spacial score (nSPS) is 12.4. The summed E-state index contributed by atoms with van der Waals surface area (Å²) >= 11 is 0. The molecule has 2 rings (SSSR count). The number of nitrogens with zero attached hydrogens (tertiary/aromatic N) is 2. The summed E-state index contributed by atoms with van der Waals surface area (Å²) in [7, 11) is 0. The summed E-state index contributed by atoms with van der Waals surface area (Å²) in [6, 6.07) is 8.81. The SMILES string of the molecule is Cc1cc(CCC(C)c2cc(C)nc(C)c2)cc(C)n1. The van der Waals surface area contributed by atoms with Gasteiger partial charge in [0.1, 0.15) is 0 Å². The minimum absolute atomic E-state index is 0.559. The molecule has 0 fully saturated rings. The van der Waals surface area contributed by atoms with Crippen molar-refractivity contribution in [3.05, 3.63) is 58.2 Å². The molecule has 0 bridgehead atoms. The standard InChI is InChI=1S/C18H24N2/c1-12(18-10-15(4)20-16(5)11-18)6-7-17-8-13(2)19-14(3)9-17/h8-12H,6-7H2,1-5H3. The Kier molecular flexibility index (Phi) is 4.53. The Balaban J connectivity index is 2.06. The Morgan fingerprint density at radius 1 is 0.800 bits per heavy atom. The minimum Gasteiger partial charge on any atom is -0.258 e. The highest BCUT2D eigenvalue weighted by Crippen LogP contribution is 2.22. The molecule has 0 saturated carbocycles. The predicted octanol–water partition coefficient (Wildman–Crippen LogP) is 4.45. The monoisotopic (exact) mass is 268 g/mol. The van der Waals surface area contributed by atoms with Crippen molar-refractivity contribution in [1.82, 2.24) is 9.97 Å². The zero-order valence-corrected chi connectivity index (χ0v) is 13.2. The van der Waals surface area contributed by atoms with Crippen molar-refractivity contribution in [1.29, 1.82) is 0 Å². The number of rotatable bonds is 4. The number of hydrogen-bond donors (Lipinski definition) is 0. The van der Waals surface area contributed by atoms with Crippen LogP contribution >= 0.6 is 0 Å². The molecule has 2 aromatic rings. The first kappa shape index (κ1) is 14.7. The molecule has 1 atom stereocenters. The van der Waals surface area contributed by atoms with Crippen molar-refractivity contribution in [2.45, 2.75) is 53.4 Å². The van der Waals surface area contributed by atoms with Gasteiger partial charge in [-0.2, -0.15) is 0 Å². The van der Waals surface area contributed by atoms with E-state index in [4.69, 9.17) is 0 Å². The van der Waals surface area contributed by atoms with Gasteiger partial charge in [0.2, 0.25) is 0 Å². The van der Waals surface area contributed by atoms with Gasteiger partial charge in [0, 0.05) is 22.8 Å². The predicted molar refractivity (Wildman–Crippen MR) is 84.2 cm³/mol. The van der Waals surface area contributed by atoms with Gasteiger partial charge >= 0.3 is 0 Å². The van der Waals surface area contributed by atoms with Crippen LogP contribution in [0.1, 0.15) is 53.2 Å². The summed E-state index contributed by atoms with van der Waals surface area (Å²) in [5.74, 6) is 0.559. The largest absolute Gasteiger partial charge is 0.258 e. The van der Waals surface area contributed by atoms with E-state index in [1.807, 2.05) is 0 Å². The summed E-state index contributed by atoms with van der Waals surface area (Å²) in [5, 5.41) is 0. The molecule has 0 aliphatic heterocycles. The first-order valence-corrected chi connectivity index (χ1v) is 7.33. The molecule has 20 heavy (non-hydrogen) atoms. The first-order valence-electron chi connectivity index (χ1n) is 7.33. The van der Waals surface area contributed by atoms with Crippen LogP contribution in [0, 0.1) is 27.7 Å². The smallest absolute Gasteiger partial charge is 0.0378 e. The average Bonchev–Trinajstić information content (AvgIpc) is 2.33. The topological polar surface area (TPSA) is 25.8 Å². The van der Waals surface area contributed by atoms with Gasteiger partial charge in [0.05, 0.1) is 0 Å². The third-order valence-corrected chi connectivity index (χ3v) is 3.68. The van der Waals surface area contributed by atoms with Crippen LogP contribution in [0.2, 0.25) is 0 Å². The van der Waals surface area contributed by atoms with Crippen molar-refractivity contribution in [3.63, 3.8) is 0 Å². The fourth-order valence-electron chi connectivity index (χ4n) is 2.77. The molecule has 0 spiro atoms. The molecule has 0 aromatic carbocycles. The summed E-state index contributed by atoms with van der Waals surface area (Å²) in [6.45, 7) is 10.6. The van der Waals surface area contributed by atoms with E-state index in [1.54, 1.807) is 0 Å². The van der Waals surface area contributed by atoms with Crippen LogP contribution in [0.5, 0.6) is 0 Å². The Morgan fingerprint density at radius 3 is 1.75 bits per heavy atom. The summed E-state index contributed by atoms with van der Waals surface area (Å²) < 4.78 is 0. The summed E-state index contributed by atoms with van der Waals surface area (Å²) in [5.41, 5.74) is 7.25. The van der Waals surface area contributed by atoms with Gasteiger partial charge in [-0.3, -0.25) is 9.97 Å². The molecule has 2 heteroatoms. The first-order chi connectivity index (χ1) is 9.44. The lowest BCUT2D eigenvalue weighted by molar-refractivity contribution is 0.675. The van der Waals surface area contributed by atoms with E-state index in [0.717, 1.165) is 35.6 Å². The van der Waals surface area contributed by atoms with Crippen LogP contribution in [0.3, 0.4) is 0 Å². The lowest BCUT2D eigenvalue weighted by Gasteiger charge is -2.14. The molecule has 1 unspecified atom stereocenters. The van der Waals surface area contributed by atoms with Gasteiger partial charge in [-0.05, 0) is 81.8 Å². The van der Waals surface area contributed by atoms with Gasteiger partial charge in [-0.15, -0.1) is 0 Å². The van der Waals surface area contributed by atoms with E-state index < -0.39 is 0 Å². The highest BCUT2D eigenvalue weighted by atomic mass is 14.7. The lowest BCUT2D eigenvalue weighted by atomic mass is 9.93. The molecule has 2 nitrogen and oxygen atoms in total. The molecular formula is C18H24N2. The van der Waals surface area contributed by atoms with Crippen LogP contribution in [0.25, 0.3) is 0 Å². The van der Waals surface area contributed by atoms with Gasteiger partial charge < -0.3 is 0 Å². The van der Waals surface area contributed by atoms with Crippen LogP contribution in [-0.2, 0) is 6.42 Å². The number of aromatic nitrogens is 2. The van der Waals surface area contributed by atoms with E-state index in [1.165, 1.54) is 11.1 Å². The van der Waals surface area contributed by atoms with Crippen molar-refractivity contribution in [2.75, 3.05) is 0 Å². The minimum atomic E-state index is 0.559. The maximum absolute atomic E-state index is 4.45. The van der Waals surface area contributed by atoms with E-state index in [2.05, 4.69) is 68.9 Å². The number of aryl methyl sites for hydroxylation is 5. The third-order valence-electron chi connectivity index (χ3n) is 3.68. The summed E-state index contributed by atoms with van der Waals surface area (Å²) in [6.07, 6.45) is 2.26. The van der Waals surface area contributed by atoms with Crippen molar-refractivity contribution >= 4 is 0 Å². The van der Waals surface area contributed by atoms with Gasteiger partial charge in [-0.1, -0.05) is 6.92 Å². The molecular weight excluding hydrogens is 244 g/mol. The second kappa shape index (κ2) is 6.17.